The van der Waals surface area contributed by atoms with Gasteiger partial charge >= 0.3 is 0 Å². The van der Waals surface area contributed by atoms with Gasteiger partial charge in [0.2, 0.25) is 0 Å². The van der Waals surface area contributed by atoms with Crippen LogP contribution < -0.4 is 10.2 Å². The average molecular weight is 396 g/mol. The summed E-state index contributed by atoms with van der Waals surface area (Å²) in [5, 5.41) is 10.9. The van der Waals surface area contributed by atoms with Gasteiger partial charge < -0.3 is 14.3 Å². The van der Waals surface area contributed by atoms with E-state index in [4.69, 9.17) is 20.8 Å². The van der Waals surface area contributed by atoms with Gasteiger partial charge in [-0.15, -0.1) is 0 Å². The molecule has 0 spiro atoms. The molecule has 1 heterocycles. The van der Waals surface area contributed by atoms with Crippen molar-refractivity contribution < 1.29 is 14.3 Å². The highest BCUT2D eigenvalue weighted by Crippen LogP contribution is 2.35. The third-order valence-electron chi connectivity index (χ3n) is 3.33. The fraction of sp³-hybridized carbons (Fsp3) is 0.118. The van der Waals surface area contributed by atoms with Crippen LogP contribution in [0.4, 0.5) is 0 Å². The van der Waals surface area contributed by atoms with Gasteiger partial charge in [0.1, 0.15) is 17.3 Å². The first kappa shape index (κ1) is 15.9. The molecule has 0 fully saturated rings. The maximum absolute atomic E-state index is 12.4. The van der Waals surface area contributed by atoms with Crippen LogP contribution >= 0.6 is 27.5 Å². The predicted octanol–water partition coefficient (Wildman–Crippen LogP) is 4.98. The standard InChI is InChI=1S/C17H12BrClO4/c1-2-22-9-3-4-10(13(20)7-9)15-8-14(21)16-11(18)5-6-12(19)17(16)23-15/h3-8,20H,2H2,1H3. The van der Waals surface area contributed by atoms with Gasteiger partial charge in [-0.25, -0.2) is 0 Å². The number of phenols is 1. The largest absolute Gasteiger partial charge is 0.507 e. The molecule has 23 heavy (non-hydrogen) atoms. The van der Waals surface area contributed by atoms with Crippen molar-refractivity contribution in [2.75, 3.05) is 6.61 Å². The molecule has 0 saturated heterocycles. The number of ether oxygens (including phenoxy) is 1. The second kappa shape index (κ2) is 6.26. The third kappa shape index (κ3) is 2.94. The lowest BCUT2D eigenvalue weighted by Crippen LogP contribution is -2.01. The zero-order valence-corrected chi connectivity index (χ0v) is 14.4. The Kier molecular flexibility index (Phi) is 4.33. The molecule has 0 bridgehead atoms. The number of fused-ring (bicyclic) bond motifs is 1. The van der Waals surface area contributed by atoms with Crippen molar-refractivity contribution in [3.8, 4) is 22.8 Å². The molecule has 0 aliphatic carbocycles. The van der Waals surface area contributed by atoms with E-state index < -0.39 is 0 Å². The van der Waals surface area contributed by atoms with Crippen LogP contribution in [0.2, 0.25) is 5.02 Å². The van der Waals surface area contributed by atoms with Crippen LogP contribution in [0.5, 0.6) is 11.5 Å². The minimum Gasteiger partial charge on any atom is -0.507 e. The fourth-order valence-corrected chi connectivity index (χ4v) is 3.01. The number of benzene rings is 2. The van der Waals surface area contributed by atoms with Gasteiger partial charge in [-0.3, -0.25) is 4.79 Å². The van der Waals surface area contributed by atoms with Crippen molar-refractivity contribution in [2.24, 2.45) is 0 Å². The van der Waals surface area contributed by atoms with E-state index in [1.165, 1.54) is 12.1 Å². The smallest absolute Gasteiger partial charge is 0.194 e. The summed E-state index contributed by atoms with van der Waals surface area (Å²) in [5.41, 5.74) is 0.421. The van der Waals surface area contributed by atoms with E-state index in [1.807, 2.05) is 6.92 Å². The molecule has 0 aliphatic heterocycles. The van der Waals surface area contributed by atoms with Crippen molar-refractivity contribution in [1.82, 2.24) is 0 Å². The lowest BCUT2D eigenvalue weighted by molar-refractivity contribution is 0.338. The summed E-state index contributed by atoms with van der Waals surface area (Å²) >= 11 is 9.45. The van der Waals surface area contributed by atoms with Gasteiger partial charge in [0.15, 0.2) is 11.0 Å². The molecule has 0 radical (unpaired) electrons. The number of halogens is 2. The maximum atomic E-state index is 12.4. The molecule has 0 aliphatic rings. The SMILES string of the molecule is CCOc1ccc(-c2cc(=O)c3c(Br)ccc(Cl)c3o2)c(O)c1. The average Bonchev–Trinajstić information content (AvgIpc) is 2.51. The summed E-state index contributed by atoms with van der Waals surface area (Å²) < 4.78 is 11.7. The van der Waals surface area contributed by atoms with Crippen LogP contribution in [0.1, 0.15) is 6.92 Å². The van der Waals surface area contributed by atoms with Gasteiger partial charge in [0, 0.05) is 16.6 Å². The Morgan fingerprint density at radius 3 is 2.74 bits per heavy atom. The van der Waals surface area contributed by atoms with E-state index >= 15 is 0 Å². The molecule has 0 amide bonds. The Morgan fingerprint density at radius 1 is 1.26 bits per heavy atom. The van der Waals surface area contributed by atoms with Crippen molar-refractivity contribution in [1.29, 1.82) is 0 Å². The molecule has 3 rings (SSSR count). The number of hydrogen-bond donors (Lipinski definition) is 1. The van der Waals surface area contributed by atoms with Crippen LogP contribution in [-0.4, -0.2) is 11.7 Å². The summed E-state index contributed by atoms with van der Waals surface area (Å²) in [6.07, 6.45) is 0. The van der Waals surface area contributed by atoms with Crippen LogP contribution in [0.25, 0.3) is 22.3 Å². The highest BCUT2D eigenvalue weighted by molar-refractivity contribution is 9.10. The summed E-state index contributed by atoms with van der Waals surface area (Å²) in [7, 11) is 0. The molecular formula is C17H12BrClO4. The lowest BCUT2D eigenvalue weighted by Gasteiger charge is -2.09. The van der Waals surface area contributed by atoms with E-state index in [9.17, 15) is 9.90 Å². The highest BCUT2D eigenvalue weighted by Gasteiger charge is 2.15. The van der Waals surface area contributed by atoms with Gasteiger partial charge in [0.25, 0.3) is 0 Å². The molecule has 4 nitrogen and oxygen atoms in total. The Hall–Kier alpha value is -1.98. The number of phenolic OH excluding ortho intramolecular Hbond substituents is 1. The lowest BCUT2D eigenvalue weighted by atomic mass is 10.1. The fourth-order valence-electron chi connectivity index (χ4n) is 2.30. The van der Waals surface area contributed by atoms with Crippen molar-refractivity contribution in [2.45, 2.75) is 6.92 Å². The molecular weight excluding hydrogens is 384 g/mol. The first-order valence-electron chi connectivity index (χ1n) is 6.89. The van der Waals surface area contributed by atoms with E-state index in [0.29, 0.717) is 32.8 Å². The normalized spacial score (nSPS) is 10.9. The maximum Gasteiger partial charge on any atom is 0.194 e. The molecule has 1 N–H and O–H groups in total. The molecule has 3 aromatic rings. The van der Waals surface area contributed by atoms with Gasteiger partial charge in [0.05, 0.1) is 22.6 Å². The predicted molar refractivity (Wildman–Crippen MR) is 93.5 cm³/mol. The Balaban J connectivity index is 2.22. The summed E-state index contributed by atoms with van der Waals surface area (Å²) in [5.74, 6) is 0.741. The van der Waals surface area contributed by atoms with E-state index in [-0.39, 0.29) is 22.5 Å². The van der Waals surface area contributed by atoms with Crippen LogP contribution in [0, 0.1) is 0 Å². The quantitative estimate of drug-likeness (QED) is 0.679. The van der Waals surface area contributed by atoms with Gasteiger partial charge in [-0.1, -0.05) is 11.6 Å². The Labute approximate surface area is 145 Å². The van der Waals surface area contributed by atoms with Gasteiger partial charge in [-0.05, 0) is 47.1 Å². The number of rotatable bonds is 3. The summed E-state index contributed by atoms with van der Waals surface area (Å²) in [6.45, 7) is 2.35. The molecule has 118 valence electrons. The van der Waals surface area contributed by atoms with Crippen LogP contribution in [0.3, 0.4) is 0 Å². The number of aromatic hydroxyl groups is 1. The molecule has 2 aromatic carbocycles. The minimum atomic E-state index is -0.246. The van der Waals surface area contributed by atoms with Crippen LogP contribution in [0.15, 0.2) is 50.1 Å². The highest BCUT2D eigenvalue weighted by atomic mass is 79.9. The van der Waals surface area contributed by atoms with E-state index in [0.717, 1.165) is 0 Å². The van der Waals surface area contributed by atoms with Crippen molar-refractivity contribution in [3.63, 3.8) is 0 Å². The second-order valence-electron chi connectivity index (χ2n) is 4.82. The third-order valence-corrected chi connectivity index (χ3v) is 4.28. The second-order valence-corrected chi connectivity index (χ2v) is 6.08. The summed E-state index contributed by atoms with van der Waals surface area (Å²) in [4.78, 5) is 12.4. The van der Waals surface area contributed by atoms with Crippen molar-refractivity contribution >= 4 is 38.5 Å². The first-order chi connectivity index (χ1) is 11.0. The first-order valence-corrected chi connectivity index (χ1v) is 8.06. The zero-order chi connectivity index (χ0) is 16.6. The monoisotopic (exact) mass is 394 g/mol. The van der Waals surface area contributed by atoms with E-state index in [2.05, 4.69) is 15.9 Å². The minimum absolute atomic E-state index is 0.0374. The number of hydrogen-bond acceptors (Lipinski definition) is 4. The van der Waals surface area contributed by atoms with E-state index in [1.54, 1.807) is 24.3 Å². The van der Waals surface area contributed by atoms with Crippen molar-refractivity contribution in [3.05, 3.63) is 56.1 Å². The zero-order valence-electron chi connectivity index (χ0n) is 12.1. The molecule has 0 unspecified atom stereocenters. The molecule has 1 aromatic heterocycles. The topological polar surface area (TPSA) is 59.7 Å². The summed E-state index contributed by atoms with van der Waals surface area (Å²) in [6, 6.07) is 9.47. The molecule has 0 saturated carbocycles. The van der Waals surface area contributed by atoms with Gasteiger partial charge in [-0.2, -0.15) is 0 Å². The molecule has 6 heteroatoms. The van der Waals surface area contributed by atoms with Crippen LogP contribution in [-0.2, 0) is 0 Å². The Morgan fingerprint density at radius 2 is 2.04 bits per heavy atom. The molecule has 0 atom stereocenters. The Bertz CT molecular complexity index is 949.